The lowest BCUT2D eigenvalue weighted by Crippen LogP contribution is -2.48. The zero-order chi connectivity index (χ0) is 18.1. The number of rotatable bonds is 4. The van der Waals surface area contributed by atoms with Gasteiger partial charge in [-0.15, -0.1) is 0 Å². The Morgan fingerprint density at radius 2 is 1.61 bits per heavy atom. The highest BCUT2D eigenvalue weighted by Gasteiger charge is 2.46. The molecule has 1 aromatic carbocycles. The maximum Gasteiger partial charge on any atom is 0.416 e. The van der Waals surface area contributed by atoms with Crippen molar-refractivity contribution in [2.45, 2.75) is 39.0 Å². The summed E-state index contributed by atoms with van der Waals surface area (Å²) in [5.41, 5.74) is 6.55. The van der Waals surface area contributed by atoms with Crippen LogP contribution in [0.2, 0.25) is 0 Å². The van der Waals surface area contributed by atoms with Crippen LogP contribution in [0.3, 0.4) is 0 Å². The lowest BCUT2D eigenvalue weighted by molar-refractivity contribution is -0.142. The van der Waals surface area contributed by atoms with E-state index in [-0.39, 0.29) is 12.0 Å². The van der Waals surface area contributed by atoms with Crippen LogP contribution in [-0.4, -0.2) is 12.0 Å². The van der Waals surface area contributed by atoms with Crippen molar-refractivity contribution in [1.82, 2.24) is 0 Å². The molecule has 8 heteroatoms. The molecule has 0 aromatic heterocycles. The van der Waals surface area contributed by atoms with E-state index < -0.39 is 34.8 Å². The van der Waals surface area contributed by atoms with E-state index in [0.29, 0.717) is 0 Å². The zero-order valence-corrected chi connectivity index (χ0v) is 13.0. The summed E-state index contributed by atoms with van der Waals surface area (Å²) in [7, 11) is 0. The van der Waals surface area contributed by atoms with E-state index in [1.165, 1.54) is 6.07 Å². The number of halogens is 3. The molecule has 1 atom stereocenters. The van der Waals surface area contributed by atoms with Crippen LogP contribution in [-0.2, 0) is 21.3 Å². The summed E-state index contributed by atoms with van der Waals surface area (Å²) in [4.78, 5) is 23.2. The number of ether oxygens (including phenoxy) is 1. The predicted octanol–water partition coefficient (Wildman–Crippen LogP) is 2.92. The van der Waals surface area contributed by atoms with Crippen molar-refractivity contribution in [3.8, 4) is 0 Å². The van der Waals surface area contributed by atoms with Gasteiger partial charge in [0.15, 0.2) is 0 Å². The fourth-order valence-electron chi connectivity index (χ4n) is 2.34. The highest BCUT2D eigenvalue weighted by Crippen LogP contribution is 2.40. The van der Waals surface area contributed by atoms with Gasteiger partial charge in [-0.05, 0) is 17.5 Å². The average molecular weight is 332 g/mol. The number of benzene rings is 1. The van der Waals surface area contributed by atoms with E-state index in [1.54, 1.807) is 20.8 Å². The van der Waals surface area contributed by atoms with Crippen molar-refractivity contribution in [3.63, 3.8) is 0 Å². The summed E-state index contributed by atoms with van der Waals surface area (Å²) in [5.74, 6) is -1.09. The Bertz CT molecular complexity index is 609. The SMILES string of the molecule is CC(C)(C)C[C@@](OC(N)=O)(C(N)=O)c1cccc(C(F)(F)F)c1. The maximum atomic E-state index is 12.9. The van der Waals surface area contributed by atoms with Crippen molar-refractivity contribution >= 4 is 12.0 Å². The second kappa shape index (κ2) is 6.10. The molecule has 0 bridgehead atoms. The molecule has 0 unspecified atom stereocenters. The Hall–Kier alpha value is -2.25. The predicted molar refractivity (Wildman–Crippen MR) is 77.1 cm³/mol. The molecule has 1 aromatic rings. The van der Waals surface area contributed by atoms with Gasteiger partial charge >= 0.3 is 12.3 Å². The molecule has 0 fully saturated rings. The number of hydrogen-bond acceptors (Lipinski definition) is 3. The first-order chi connectivity index (χ1) is 10.3. The van der Waals surface area contributed by atoms with Crippen LogP contribution >= 0.6 is 0 Å². The fraction of sp³-hybridized carbons (Fsp3) is 0.467. The Morgan fingerprint density at radius 3 is 2.00 bits per heavy atom. The zero-order valence-electron chi connectivity index (χ0n) is 13.0. The molecule has 4 N–H and O–H groups in total. The minimum Gasteiger partial charge on any atom is -0.428 e. The van der Waals surface area contributed by atoms with Crippen LogP contribution in [0.25, 0.3) is 0 Å². The second-order valence-corrected chi connectivity index (χ2v) is 6.43. The molecule has 1 rings (SSSR count). The molecular formula is C15H19F3N2O3. The third-order valence-electron chi connectivity index (χ3n) is 3.11. The molecule has 0 heterocycles. The molecule has 0 radical (unpaired) electrons. The molecule has 0 saturated carbocycles. The normalized spacial score (nSPS) is 14.9. The van der Waals surface area contributed by atoms with Crippen LogP contribution < -0.4 is 11.5 Å². The number of carbonyl (C=O) groups is 2. The molecule has 0 aliphatic heterocycles. The number of primary amides is 2. The molecule has 0 aliphatic carbocycles. The molecule has 2 amide bonds. The van der Waals surface area contributed by atoms with Crippen LogP contribution in [0.1, 0.15) is 38.3 Å². The van der Waals surface area contributed by atoms with Gasteiger partial charge in [0, 0.05) is 12.0 Å². The summed E-state index contributed by atoms with van der Waals surface area (Å²) >= 11 is 0. The first kappa shape index (κ1) is 18.8. The molecule has 128 valence electrons. The first-order valence-electron chi connectivity index (χ1n) is 6.74. The number of carbonyl (C=O) groups excluding carboxylic acids is 2. The van der Waals surface area contributed by atoms with Gasteiger partial charge in [-0.3, -0.25) is 4.79 Å². The lowest BCUT2D eigenvalue weighted by atomic mass is 9.77. The quantitative estimate of drug-likeness (QED) is 0.887. The standard InChI is InChI=1S/C15H19F3N2O3/c1-13(2,3)8-14(11(19)21,23-12(20)22)9-5-4-6-10(7-9)15(16,17)18/h4-7H,8H2,1-3H3,(H2,19,21)(H2,20,22)/t14-/m0/s1. The third-order valence-corrected chi connectivity index (χ3v) is 3.11. The summed E-state index contributed by atoms with van der Waals surface area (Å²) in [6.07, 6.45) is -6.04. The van der Waals surface area contributed by atoms with Gasteiger partial charge in [0.2, 0.25) is 5.60 Å². The number of hydrogen-bond donors (Lipinski definition) is 2. The fourth-order valence-corrected chi connectivity index (χ4v) is 2.34. The van der Waals surface area contributed by atoms with Crippen LogP contribution in [0, 0.1) is 5.41 Å². The van der Waals surface area contributed by atoms with Gasteiger partial charge in [-0.2, -0.15) is 13.2 Å². The lowest BCUT2D eigenvalue weighted by Gasteiger charge is -2.35. The van der Waals surface area contributed by atoms with E-state index in [2.05, 4.69) is 0 Å². The van der Waals surface area contributed by atoms with Gasteiger partial charge < -0.3 is 16.2 Å². The van der Waals surface area contributed by atoms with Crippen LogP contribution in [0.5, 0.6) is 0 Å². The molecule has 23 heavy (non-hydrogen) atoms. The Balaban J connectivity index is 3.56. The summed E-state index contributed by atoms with van der Waals surface area (Å²) in [6, 6.07) is 3.94. The smallest absolute Gasteiger partial charge is 0.416 e. The summed E-state index contributed by atoms with van der Waals surface area (Å²) < 4.78 is 43.7. The number of amides is 2. The third kappa shape index (κ3) is 4.61. The highest BCUT2D eigenvalue weighted by molar-refractivity contribution is 5.87. The Kier molecular flexibility index (Phi) is 4.98. The van der Waals surface area contributed by atoms with E-state index in [9.17, 15) is 22.8 Å². The second-order valence-electron chi connectivity index (χ2n) is 6.43. The van der Waals surface area contributed by atoms with Gasteiger partial charge in [-0.1, -0.05) is 32.9 Å². The first-order valence-corrected chi connectivity index (χ1v) is 6.74. The van der Waals surface area contributed by atoms with E-state index in [4.69, 9.17) is 16.2 Å². The summed E-state index contributed by atoms with van der Waals surface area (Å²) in [5, 5.41) is 0. The molecule has 5 nitrogen and oxygen atoms in total. The van der Waals surface area contributed by atoms with Crippen molar-refractivity contribution in [1.29, 1.82) is 0 Å². The monoisotopic (exact) mass is 332 g/mol. The van der Waals surface area contributed by atoms with Gasteiger partial charge in [0.1, 0.15) is 0 Å². The minimum absolute atomic E-state index is 0.125. The van der Waals surface area contributed by atoms with Crippen molar-refractivity contribution < 1.29 is 27.5 Å². The molecule has 0 spiro atoms. The average Bonchev–Trinajstić information content (AvgIpc) is 2.34. The van der Waals surface area contributed by atoms with Gasteiger partial charge in [0.05, 0.1) is 5.56 Å². The van der Waals surface area contributed by atoms with E-state index in [1.807, 2.05) is 0 Å². The maximum absolute atomic E-state index is 12.9. The number of nitrogens with two attached hydrogens (primary N) is 2. The van der Waals surface area contributed by atoms with Gasteiger partial charge in [-0.25, -0.2) is 4.79 Å². The molecule has 0 aliphatic rings. The Labute approximate surface area is 131 Å². The van der Waals surface area contributed by atoms with Gasteiger partial charge in [0.25, 0.3) is 5.91 Å². The molecule has 0 saturated heterocycles. The Morgan fingerprint density at radius 1 is 1.09 bits per heavy atom. The van der Waals surface area contributed by atoms with Crippen molar-refractivity contribution in [2.75, 3.05) is 0 Å². The topological polar surface area (TPSA) is 95.4 Å². The minimum atomic E-state index is -4.62. The number of alkyl halides is 3. The van der Waals surface area contributed by atoms with Crippen LogP contribution in [0.4, 0.5) is 18.0 Å². The van der Waals surface area contributed by atoms with Crippen LogP contribution in [0.15, 0.2) is 24.3 Å². The largest absolute Gasteiger partial charge is 0.428 e. The molecular weight excluding hydrogens is 313 g/mol. The van der Waals surface area contributed by atoms with E-state index >= 15 is 0 Å². The van der Waals surface area contributed by atoms with E-state index in [0.717, 1.165) is 18.2 Å². The highest BCUT2D eigenvalue weighted by atomic mass is 19.4. The van der Waals surface area contributed by atoms with Crippen molar-refractivity contribution in [3.05, 3.63) is 35.4 Å². The summed E-state index contributed by atoms with van der Waals surface area (Å²) in [6.45, 7) is 5.17. The van der Waals surface area contributed by atoms with Crippen molar-refractivity contribution in [2.24, 2.45) is 16.9 Å².